The van der Waals surface area contributed by atoms with Crippen molar-refractivity contribution in [2.24, 2.45) is 0 Å². The summed E-state index contributed by atoms with van der Waals surface area (Å²) in [4.78, 5) is 16.1. The summed E-state index contributed by atoms with van der Waals surface area (Å²) in [7, 11) is 0. The van der Waals surface area contributed by atoms with Crippen LogP contribution in [0.2, 0.25) is 10.0 Å². The Morgan fingerprint density at radius 1 is 1.10 bits per heavy atom. The predicted octanol–water partition coefficient (Wildman–Crippen LogP) is 6.36. The molecule has 5 nitrogen and oxygen atoms in total. The van der Waals surface area contributed by atoms with Crippen LogP contribution in [-0.2, 0) is 4.74 Å². The number of rotatable bonds is 4. The number of benzene rings is 2. The summed E-state index contributed by atoms with van der Waals surface area (Å²) in [6.45, 7) is 9.86. The summed E-state index contributed by atoms with van der Waals surface area (Å²) in [6, 6.07) is 10.1. The van der Waals surface area contributed by atoms with Gasteiger partial charge in [-0.25, -0.2) is 9.18 Å². The Kier molecular flexibility index (Phi) is 7.22. The molecule has 2 aromatic rings. The van der Waals surface area contributed by atoms with Crippen molar-refractivity contribution in [3.63, 3.8) is 0 Å². The first-order valence-electron chi connectivity index (χ1n) is 10.3. The van der Waals surface area contributed by atoms with Gasteiger partial charge < -0.3 is 19.9 Å². The maximum absolute atomic E-state index is 14.5. The molecule has 0 aliphatic carbocycles. The summed E-state index contributed by atoms with van der Waals surface area (Å²) in [5.74, 6) is -0.340. The monoisotopic (exact) mass is 467 g/mol. The number of carbonyl (C=O) groups excluding carboxylic acids is 1. The predicted molar refractivity (Wildman–Crippen MR) is 125 cm³/mol. The quantitative estimate of drug-likeness (QED) is 0.567. The van der Waals surface area contributed by atoms with Crippen molar-refractivity contribution >= 4 is 40.7 Å². The van der Waals surface area contributed by atoms with Crippen LogP contribution < -0.4 is 10.2 Å². The third kappa shape index (κ3) is 6.17. The molecule has 0 saturated carbocycles. The molecule has 1 unspecified atom stereocenters. The molecule has 1 heterocycles. The molecule has 8 heteroatoms. The molecule has 1 aliphatic rings. The molecule has 0 radical (unpaired) electrons. The average molecular weight is 468 g/mol. The van der Waals surface area contributed by atoms with E-state index in [9.17, 15) is 9.18 Å². The number of ether oxygens (including phenoxy) is 1. The van der Waals surface area contributed by atoms with Crippen LogP contribution in [0.1, 0.15) is 39.3 Å². The zero-order valence-electron chi connectivity index (χ0n) is 18.2. The van der Waals surface area contributed by atoms with Crippen molar-refractivity contribution in [3.05, 3.63) is 57.8 Å². The lowest BCUT2D eigenvalue weighted by atomic mass is 10.1. The van der Waals surface area contributed by atoms with Gasteiger partial charge in [0.05, 0.1) is 11.7 Å². The fraction of sp³-hybridized carbons (Fsp3) is 0.435. The standard InChI is InChI=1S/C23H28Cl2FN3O2/c1-15(18-7-5-16(24)13-19(18)25)27-21-14-17(6-8-20(21)26)28-9-11-29(12-10-28)22(30)31-23(2,3)4/h5-8,13-15,27H,9-12H2,1-4H3. The van der Waals surface area contributed by atoms with Crippen LogP contribution >= 0.6 is 23.2 Å². The fourth-order valence-electron chi connectivity index (χ4n) is 3.46. The Labute approximate surface area is 193 Å². The second-order valence-corrected chi connectivity index (χ2v) is 9.49. The van der Waals surface area contributed by atoms with Gasteiger partial charge >= 0.3 is 6.09 Å². The SMILES string of the molecule is CC(Nc1cc(N2CCN(C(=O)OC(C)(C)C)CC2)ccc1F)c1ccc(Cl)cc1Cl. The fourth-order valence-corrected chi connectivity index (χ4v) is 4.03. The second kappa shape index (κ2) is 9.53. The second-order valence-electron chi connectivity index (χ2n) is 8.65. The lowest BCUT2D eigenvalue weighted by Gasteiger charge is -2.37. The molecule has 0 spiro atoms. The highest BCUT2D eigenvalue weighted by molar-refractivity contribution is 6.35. The van der Waals surface area contributed by atoms with E-state index in [0.29, 0.717) is 41.9 Å². The normalized spacial score (nSPS) is 15.6. The third-order valence-electron chi connectivity index (χ3n) is 5.05. The van der Waals surface area contributed by atoms with E-state index in [1.807, 2.05) is 33.8 Å². The van der Waals surface area contributed by atoms with Gasteiger partial charge in [0.25, 0.3) is 0 Å². The number of anilines is 2. The first-order valence-corrected chi connectivity index (χ1v) is 11.0. The maximum atomic E-state index is 14.5. The van der Waals surface area contributed by atoms with Crippen molar-refractivity contribution in [2.45, 2.75) is 39.3 Å². The molecular formula is C23H28Cl2FN3O2. The van der Waals surface area contributed by atoms with Crippen LogP contribution in [0.3, 0.4) is 0 Å². The minimum Gasteiger partial charge on any atom is -0.444 e. The van der Waals surface area contributed by atoms with Crippen LogP contribution in [0, 0.1) is 5.82 Å². The summed E-state index contributed by atoms with van der Waals surface area (Å²) in [5.41, 5.74) is 1.60. The molecule has 168 valence electrons. The number of carbonyl (C=O) groups is 1. The van der Waals surface area contributed by atoms with Gasteiger partial charge in [-0.2, -0.15) is 0 Å². The van der Waals surface area contributed by atoms with Crippen molar-refractivity contribution in [3.8, 4) is 0 Å². The van der Waals surface area contributed by atoms with Gasteiger partial charge in [-0.05, 0) is 63.6 Å². The number of piperazine rings is 1. The molecule has 1 aliphatic heterocycles. The van der Waals surface area contributed by atoms with Gasteiger partial charge in [0, 0.05) is 41.9 Å². The van der Waals surface area contributed by atoms with Crippen molar-refractivity contribution in [2.75, 3.05) is 36.4 Å². The van der Waals surface area contributed by atoms with E-state index >= 15 is 0 Å². The van der Waals surface area contributed by atoms with E-state index in [1.54, 1.807) is 29.2 Å². The lowest BCUT2D eigenvalue weighted by Crippen LogP contribution is -2.50. The number of nitrogens with zero attached hydrogens (tertiary/aromatic N) is 2. The van der Waals surface area contributed by atoms with Crippen molar-refractivity contribution < 1.29 is 13.9 Å². The van der Waals surface area contributed by atoms with Crippen molar-refractivity contribution in [1.29, 1.82) is 0 Å². The minimum atomic E-state index is -0.518. The maximum Gasteiger partial charge on any atom is 0.410 e. The topological polar surface area (TPSA) is 44.8 Å². The van der Waals surface area contributed by atoms with Crippen LogP contribution in [0.5, 0.6) is 0 Å². The van der Waals surface area contributed by atoms with Gasteiger partial charge in [-0.1, -0.05) is 29.3 Å². The van der Waals surface area contributed by atoms with Gasteiger partial charge in [-0.15, -0.1) is 0 Å². The number of halogens is 3. The lowest BCUT2D eigenvalue weighted by molar-refractivity contribution is 0.0240. The molecular weight excluding hydrogens is 440 g/mol. The summed E-state index contributed by atoms with van der Waals surface area (Å²) >= 11 is 12.3. The Balaban J connectivity index is 1.67. The first-order chi connectivity index (χ1) is 14.5. The van der Waals surface area contributed by atoms with E-state index in [4.69, 9.17) is 27.9 Å². The van der Waals surface area contributed by atoms with Crippen molar-refractivity contribution in [1.82, 2.24) is 4.90 Å². The van der Waals surface area contributed by atoms with Gasteiger partial charge in [0.15, 0.2) is 0 Å². The zero-order chi connectivity index (χ0) is 22.8. The number of hydrogen-bond acceptors (Lipinski definition) is 4. The molecule has 2 aromatic carbocycles. The Morgan fingerprint density at radius 3 is 2.39 bits per heavy atom. The first kappa shape index (κ1) is 23.5. The van der Waals surface area contributed by atoms with E-state index in [-0.39, 0.29) is 18.0 Å². The average Bonchev–Trinajstić information content (AvgIpc) is 2.68. The molecule has 1 fully saturated rings. The Morgan fingerprint density at radius 2 is 1.77 bits per heavy atom. The van der Waals surface area contributed by atoms with E-state index < -0.39 is 5.60 Å². The summed E-state index contributed by atoms with van der Waals surface area (Å²) in [6.07, 6.45) is -0.303. The Hall–Kier alpha value is -2.18. The number of nitrogens with one attached hydrogen (secondary N) is 1. The molecule has 1 amide bonds. The zero-order valence-corrected chi connectivity index (χ0v) is 19.7. The van der Waals surface area contributed by atoms with Crippen LogP contribution in [0.25, 0.3) is 0 Å². The molecule has 0 aromatic heterocycles. The van der Waals surface area contributed by atoms with E-state index in [2.05, 4.69) is 10.2 Å². The molecule has 1 saturated heterocycles. The minimum absolute atomic E-state index is 0.210. The Bertz CT molecular complexity index is 941. The highest BCUT2D eigenvalue weighted by Gasteiger charge is 2.26. The largest absolute Gasteiger partial charge is 0.444 e. The molecule has 3 rings (SSSR count). The number of amides is 1. The summed E-state index contributed by atoms with van der Waals surface area (Å²) in [5, 5.41) is 4.29. The highest BCUT2D eigenvalue weighted by atomic mass is 35.5. The van der Waals surface area contributed by atoms with Crippen LogP contribution in [-0.4, -0.2) is 42.8 Å². The summed E-state index contributed by atoms with van der Waals surface area (Å²) < 4.78 is 19.9. The van der Waals surface area contributed by atoms with Gasteiger partial charge in [0.2, 0.25) is 0 Å². The number of hydrogen-bond donors (Lipinski definition) is 1. The van der Waals surface area contributed by atoms with Crippen LogP contribution in [0.4, 0.5) is 20.6 Å². The smallest absolute Gasteiger partial charge is 0.410 e. The van der Waals surface area contributed by atoms with E-state index in [0.717, 1.165) is 11.3 Å². The molecule has 1 N–H and O–H groups in total. The van der Waals surface area contributed by atoms with Gasteiger partial charge in [0.1, 0.15) is 11.4 Å². The van der Waals surface area contributed by atoms with Crippen LogP contribution in [0.15, 0.2) is 36.4 Å². The molecule has 0 bridgehead atoms. The third-order valence-corrected chi connectivity index (χ3v) is 5.61. The van der Waals surface area contributed by atoms with E-state index in [1.165, 1.54) is 6.07 Å². The molecule has 31 heavy (non-hydrogen) atoms. The van der Waals surface area contributed by atoms with Gasteiger partial charge in [-0.3, -0.25) is 0 Å². The molecule has 1 atom stereocenters. The highest BCUT2D eigenvalue weighted by Crippen LogP contribution is 2.31.